The van der Waals surface area contributed by atoms with Gasteiger partial charge in [-0.15, -0.1) is 11.3 Å². The molecule has 1 unspecified atom stereocenters. The van der Waals surface area contributed by atoms with Crippen LogP contribution in [0.5, 0.6) is 0 Å². The largest absolute Gasteiger partial charge is 0.455 e. The zero-order valence-electron chi connectivity index (χ0n) is 39.4. The van der Waals surface area contributed by atoms with Gasteiger partial charge in [-0.05, 0) is 48.8 Å². The zero-order chi connectivity index (χ0) is 48.3. The van der Waals surface area contributed by atoms with Crippen molar-refractivity contribution < 1.29 is 47.9 Å². The summed E-state index contributed by atoms with van der Waals surface area (Å²) in [4.78, 5) is 118. The Balaban J connectivity index is 0.00000456. The molecule has 0 aliphatic carbocycles. The van der Waals surface area contributed by atoms with E-state index in [0.717, 1.165) is 18.4 Å². The molecule has 1 aliphatic rings. The molecular weight excluding hydrogens is 859 g/mol. The smallest absolute Gasteiger partial charge is 0.373 e. The fraction of sp³-hybridized carbons (Fsp3) is 0.638. The van der Waals surface area contributed by atoms with Gasteiger partial charge in [-0.3, -0.25) is 38.5 Å². The molecule has 17 heteroatoms. The van der Waals surface area contributed by atoms with Gasteiger partial charge in [0.2, 0.25) is 23.6 Å². The van der Waals surface area contributed by atoms with E-state index in [0.29, 0.717) is 17.8 Å². The molecule has 354 valence electrons. The lowest BCUT2D eigenvalue weighted by Crippen LogP contribution is -2.49. The number of aromatic nitrogens is 1. The molecule has 1 saturated heterocycles. The number of rotatable bonds is 25. The molecule has 1 aromatic heterocycles. The number of benzene rings is 1. The first-order chi connectivity index (χ1) is 30.3. The van der Waals surface area contributed by atoms with Gasteiger partial charge in [0.1, 0.15) is 10.7 Å². The lowest BCUT2D eigenvalue weighted by atomic mass is 9.82. The van der Waals surface area contributed by atoms with E-state index in [4.69, 9.17) is 14.3 Å². The minimum atomic E-state index is -0.829. The van der Waals surface area contributed by atoms with Crippen LogP contribution in [0.1, 0.15) is 134 Å². The van der Waals surface area contributed by atoms with Crippen molar-refractivity contribution in [2.75, 3.05) is 26.9 Å². The van der Waals surface area contributed by atoms with Gasteiger partial charge in [-0.1, -0.05) is 91.6 Å². The van der Waals surface area contributed by atoms with Crippen LogP contribution in [0.25, 0.3) is 0 Å². The van der Waals surface area contributed by atoms with Crippen molar-refractivity contribution in [3.05, 3.63) is 52.0 Å². The maximum Gasteiger partial charge on any atom is 0.373 e. The van der Waals surface area contributed by atoms with Gasteiger partial charge in [0.25, 0.3) is 5.91 Å². The maximum absolute atomic E-state index is 14.6. The maximum atomic E-state index is 14.6. The van der Waals surface area contributed by atoms with Crippen molar-refractivity contribution in [1.82, 2.24) is 25.0 Å². The van der Waals surface area contributed by atoms with E-state index in [2.05, 4.69) is 17.2 Å². The molecule has 5 amide bonds. The van der Waals surface area contributed by atoms with Gasteiger partial charge in [0.15, 0.2) is 11.9 Å². The Morgan fingerprint density at radius 2 is 1.64 bits per heavy atom. The number of thiazole rings is 1. The van der Waals surface area contributed by atoms with Gasteiger partial charge < -0.3 is 19.9 Å². The van der Waals surface area contributed by atoms with E-state index >= 15 is 0 Å². The number of carbonyl (C=O) groups excluding carboxylic acids is 9. The normalized spacial score (nSPS) is 16.5. The molecule has 1 N–H and O–H groups in total. The zero-order valence-corrected chi connectivity index (χ0v) is 41.1. The molecule has 7 atom stereocenters. The number of nitrogens with one attached hydrogen (secondary N) is 1. The van der Waals surface area contributed by atoms with Crippen LogP contribution in [0.2, 0.25) is 0 Å². The van der Waals surface area contributed by atoms with E-state index in [1.165, 1.54) is 39.8 Å². The number of imide groups is 1. The highest BCUT2D eigenvalue weighted by Gasteiger charge is 2.40. The lowest BCUT2D eigenvalue weighted by Gasteiger charge is -2.37. The number of ether oxygens (including phenoxy) is 1. The summed E-state index contributed by atoms with van der Waals surface area (Å²) in [5, 5.41) is 4.86. The number of hydrogen-bond donors (Lipinski definition) is 1. The van der Waals surface area contributed by atoms with E-state index in [1.807, 2.05) is 71.9 Å². The van der Waals surface area contributed by atoms with Gasteiger partial charge >= 0.3 is 12.1 Å². The summed E-state index contributed by atoms with van der Waals surface area (Å²) in [6.45, 7) is 15.2. The third-order valence-corrected chi connectivity index (χ3v) is 13.7. The predicted octanol–water partition coefficient (Wildman–Crippen LogP) is 6.55. The second-order valence-electron chi connectivity index (χ2n) is 17.2. The number of nitrogens with zero attached hydrogens (tertiary/aromatic N) is 4. The Bertz CT molecular complexity index is 1900. The number of thioether (sulfide) groups is 1. The molecular formula is C47H69N5O10S2. The van der Waals surface area contributed by atoms with Crippen molar-refractivity contribution in [1.29, 1.82) is 0 Å². The third kappa shape index (κ3) is 16.4. The standard InChI is InChI=1S/C46H69N5O8S2.CO2/c1-12-18-33(23-32-19-15-14-16-20-32)47-43(56)35-27-61-44(48-35)38(59-31(8)52)25-36(28(3)4)49(9)45(57)34(30(7)13-2)24-37(53)42(29(5)6)50(10)40(54)21-17-22-51-41(55)26-39(60-11)46(51)58;2-1-3/h14-16,19-20,27-30,33-34,36,38-39,42H,12-13,17-18,21-26H2,1-11H3,(H,47,56);/t30-,33+,34-,36+,38+,39?,42-;/m0./s1. The SMILES string of the molecule is CCC[C@H](Cc1ccccc1)NC(=O)c1csc([C@@H](C[C@H](C(C)C)N(C)C(=O)[C@@H](CC(=O)[C@H](C(C)C)N(C)C(=O)CCCN2C(=O)CC(SC)C2=O)[C@@H](C)CC)OC(C)=O)n1.O=C=O. The van der Waals surface area contributed by atoms with Crippen molar-refractivity contribution in [3.63, 3.8) is 0 Å². The summed E-state index contributed by atoms with van der Waals surface area (Å²) < 4.78 is 5.83. The molecule has 0 spiro atoms. The first-order valence-corrected chi connectivity index (χ1v) is 24.3. The van der Waals surface area contributed by atoms with Crippen LogP contribution >= 0.6 is 23.1 Å². The topological polar surface area (TPSA) is 197 Å². The number of likely N-dealkylation sites (tertiary alicyclic amines) is 1. The number of esters is 1. The van der Waals surface area contributed by atoms with Gasteiger partial charge in [-0.2, -0.15) is 21.4 Å². The van der Waals surface area contributed by atoms with Crippen molar-refractivity contribution in [2.24, 2.45) is 23.7 Å². The number of Topliss-reactive ketones (excluding diaryl/α,β-unsaturated/α-hetero) is 1. The fourth-order valence-electron chi connectivity index (χ4n) is 8.17. The van der Waals surface area contributed by atoms with Crippen LogP contribution in [0.15, 0.2) is 35.7 Å². The molecule has 3 rings (SSSR count). The highest BCUT2D eigenvalue weighted by molar-refractivity contribution is 8.00. The summed E-state index contributed by atoms with van der Waals surface area (Å²) in [6, 6.07) is 8.70. The average molecular weight is 928 g/mol. The van der Waals surface area contributed by atoms with Gasteiger partial charge in [0, 0.05) is 76.6 Å². The Hall–Kier alpha value is -4.73. The van der Waals surface area contributed by atoms with Crippen LogP contribution < -0.4 is 5.32 Å². The molecule has 0 bridgehead atoms. The fourth-order valence-corrected chi connectivity index (χ4v) is 9.65. The van der Waals surface area contributed by atoms with Crippen LogP contribution in [-0.2, 0) is 49.5 Å². The lowest BCUT2D eigenvalue weighted by molar-refractivity contribution is -0.192. The van der Waals surface area contributed by atoms with E-state index < -0.39 is 30.1 Å². The molecule has 15 nitrogen and oxygen atoms in total. The summed E-state index contributed by atoms with van der Waals surface area (Å²) in [7, 11) is 3.31. The highest BCUT2D eigenvalue weighted by atomic mass is 32.2. The molecule has 1 aromatic carbocycles. The van der Waals surface area contributed by atoms with Crippen molar-refractivity contribution >= 4 is 70.5 Å². The Morgan fingerprint density at radius 1 is 1.00 bits per heavy atom. The number of ketones is 1. The summed E-state index contributed by atoms with van der Waals surface area (Å²) in [5.74, 6) is -3.17. The molecule has 64 heavy (non-hydrogen) atoms. The third-order valence-electron chi connectivity index (χ3n) is 11.8. The van der Waals surface area contributed by atoms with Crippen molar-refractivity contribution in [2.45, 2.75) is 143 Å². The number of likely N-dealkylation sites (N-methyl/N-ethyl adjacent to an activating group) is 1. The average Bonchev–Trinajstić information content (AvgIpc) is 3.85. The second kappa shape index (κ2) is 27.6. The van der Waals surface area contributed by atoms with Crippen LogP contribution in [-0.4, -0.2) is 117 Å². The second-order valence-corrected chi connectivity index (χ2v) is 19.1. The minimum Gasteiger partial charge on any atom is -0.455 e. The minimum absolute atomic E-state index is 0.0585. The first-order valence-electron chi connectivity index (χ1n) is 22.1. The molecule has 0 saturated carbocycles. The molecule has 0 radical (unpaired) electrons. The number of carbonyl (C=O) groups is 7. The van der Waals surface area contributed by atoms with Gasteiger partial charge in [-0.25, -0.2) is 4.98 Å². The number of amides is 5. The predicted molar refractivity (Wildman–Crippen MR) is 246 cm³/mol. The van der Waals surface area contributed by atoms with E-state index in [9.17, 15) is 33.6 Å². The Kier molecular flexibility index (Phi) is 23.9. The quantitative estimate of drug-likeness (QED) is 0.0834. The van der Waals surface area contributed by atoms with Gasteiger partial charge in [0.05, 0.1) is 11.3 Å². The van der Waals surface area contributed by atoms with Crippen molar-refractivity contribution in [3.8, 4) is 0 Å². The summed E-state index contributed by atoms with van der Waals surface area (Å²) >= 11 is 2.57. The van der Waals surface area contributed by atoms with E-state index in [1.54, 1.807) is 30.6 Å². The van der Waals surface area contributed by atoms with Crippen LogP contribution in [0, 0.1) is 23.7 Å². The summed E-state index contributed by atoms with van der Waals surface area (Å²) in [6.07, 6.45) is 4.89. The molecule has 1 aliphatic heterocycles. The Labute approximate surface area is 387 Å². The summed E-state index contributed by atoms with van der Waals surface area (Å²) in [5.41, 5.74) is 1.36. The Morgan fingerprint density at radius 3 is 2.17 bits per heavy atom. The first kappa shape index (κ1) is 55.4. The van der Waals surface area contributed by atoms with Crippen LogP contribution in [0.4, 0.5) is 0 Å². The highest BCUT2D eigenvalue weighted by Crippen LogP contribution is 2.33. The molecule has 1 fully saturated rings. The van der Waals surface area contributed by atoms with E-state index in [-0.39, 0.29) is 115 Å². The number of hydrogen-bond acceptors (Lipinski definition) is 13. The molecule has 2 aromatic rings. The molecule has 2 heterocycles. The monoisotopic (exact) mass is 927 g/mol. The van der Waals surface area contributed by atoms with Crippen LogP contribution in [0.3, 0.4) is 0 Å².